The Bertz CT molecular complexity index is 348. The Balaban J connectivity index is 2.42. The van der Waals surface area contributed by atoms with E-state index in [9.17, 15) is 4.79 Å². The number of carbonyl (C=O) groups excluding carboxylic acids is 1. The fraction of sp³-hybridized carbons (Fsp3) is 0.222. The van der Waals surface area contributed by atoms with E-state index in [0.29, 0.717) is 11.5 Å². The molecule has 0 atom stereocenters. The van der Waals surface area contributed by atoms with Crippen molar-refractivity contribution in [1.82, 2.24) is 5.48 Å². The number of aliphatic hydroxyl groups excluding tert-OH is 1. The van der Waals surface area contributed by atoms with E-state index in [-0.39, 0.29) is 26.0 Å². The van der Waals surface area contributed by atoms with Crippen molar-refractivity contribution in [1.29, 1.82) is 1.12 Å². The normalized spacial score (nSPS) is 10.4. The summed E-state index contributed by atoms with van der Waals surface area (Å²) in [6, 6.07) is 6.25. The number of rotatable bonds is 6. The van der Waals surface area contributed by atoms with Crippen LogP contribution >= 0.6 is 12.8 Å². The molecule has 0 unspecified atom stereocenters. The van der Waals surface area contributed by atoms with Crippen LogP contribution < -0.4 is 15.0 Å². The minimum Gasteiger partial charge on any atom is -0.491 e. The maximum absolute atomic E-state index is 11.0. The van der Waals surface area contributed by atoms with Crippen LogP contribution in [0.1, 0.15) is 0 Å². The van der Waals surface area contributed by atoms with Crippen LogP contribution in [0.3, 0.4) is 0 Å². The van der Waals surface area contributed by atoms with Gasteiger partial charge in [0.15, 0.2) is 0 Å². The zero-order valence-corrected chi connectivity index (χ0v) is 9.03. The third kappa shape index (κ3) is 4.39. The molecule has 6 nitrogen and oxygen atoms in total. The van der Waals surface area contributed by atoms with Crippen molar-refractivity contribution < 1.29 is 23.7 Å². The summed E-state index contributed by atoms with van der Waals surface area (Å²) in [6.07, 6.45) is -0.825. The second-order valence-corrected chi connectivity index (χ2v) is 2.79. The van der Waals surface area contributed by atoms with E-state index in [2.05, 4.69) is 4.28 Å². The van der Waals surface area contributed by atoms with Gasteiger partial charge in [-0.3, -0.25) is 0 Å². The third-order valence-corrected chi connectivity index (χ3v) is 1.60. The lowest BCUT2D eigenvalue weighted by Gasteiger charge is -2.06. The smallest absolute Gasteiger partial charge is 0.437 e. The summed E-state index contributed by atoms with van der Waals surface area (Å²) >= 11 is 0.246. The van der Waals surface area contributed by atoms with Gasteiger partial charge in [-0.25, -0.2) is 9.08 Å². The number of hydrogen-bond acceptors (Lipinski definition) is 6. The van der Waals surface area contributed by atoms with E-state index in [1.54, 1.807) is 12.1 Å². The number of carbonyl (C=O) groups is 1. The lowest BCUT2D eigenvalue weighted by molar-refractivity contribution is 0.156. The standard InChI is InChI=1S/C9H11NO5S/c11-5-6-13-7-1-3-8(4-2-7)14-9(12)10-15-16/h1-4,11,16H,5-6H2,(H,10,12)/i/hT. The molecule has 0 spiro atoms. The third-order valence-electron chi connectivity index (χ3n) is 1.52. The summed E-state index contributed by atoms with van der Waals surface area (Å²) in [5, 5.41) is 8.55. The van der Waals surface area contributed by atoms with Gasteiger partial charge in [-0.2, -0.15) is 5.48 Å². The van der Waals surface area contributed by atoms with Crippen molar-refractivity contribution in [3.63, 3.8) is 0 Å². The van der Waals surface area contributed by atoms with Gasteiger partial charge in [0.1, 0.15) is 19.2 Å². The molecule has 0 saturated heterocycles. The number of thiol groups is 1. The molecule has 0 aliphatic heterocycles. The molecule has 0 heterocycles. The fourth-order valence-corrected chi connectivity index (χ4v) is 0.997. The van der Waals surface area contributed by atoms with E-state index < -0.39 is 6.09 Å². The Kier molecular flexibility index (Phi) is 4.79. The number of amides is 1. The molecule has 0 aliphatic rings. The number of aliphatic hydroxyl groups is 1. The Morgan fingerprint density at radius 2 is 2.12 bits per heavy atom. The summed E-state index contributed by atoms with van der Waals surface area (Å²) in [7, 11) is 0. The van der Waals surface area contributed by atoms with Crippen LogP contribution in [0.4, 0.5) is 4.79 Å². The second kappa shape index (κ2) is 6.94. The molecule has 0 aromatic heterocycles. The van der Waals surface area contributed by atoms with E-state index in [4.69, 9.17) is 15.7 Å². The predicted molar refractivity (Wildman–Crippen MR) is 58.3 cm³/mol. The molecule has 1 amide bonds. The van der Waals surface area contributed by atoms with Gasteiger partial charge in [0.25, 0.3) is 0 Å². The van der Waals surface area contributed by atoms with Crippen molar-refractivity contribution in [3.05, 3.63) is 24.3 Å². The van der Waals surface area contributed by atoms with Gasteiger partial charge in [0.05, 0.1) is 6.61 Å². The highest BCUT2D eigenvalue weighted by Gasteiger charge is 2.03. The number of ether oxygens (including phenoxy) is 2. The van der Waals surface area contributed by atoms with E-state index in [1.165, 1.54) is 12.1 Å². The van der Waals surface area contributed by atoms with Crippen LogP contribution in [0.25, 0.3) is 0 Å². The molecule has 1 rings (SSSR count). The van der Waals surface area contributed by atoms with Crippen LogP contribution in [0.15, 0.2) is 24.3 Å². The summed E-state index contributed by atoms with van der Waals surface area (Å²) in [5.41, 5.74) is 1.88. The molecular weight excluding hydrogens is 234 g/mol. The summed E-state index contributed by atoms with van der Waals surface area (Å²) in [4.78, 5) is 11.0. The van der Waals surface area contributed by atoms with Crippen LogP contribution in [0, 0.1) is 0 Å². The Morgan fingerprint density at radius 1 is 1.44 bits per heavy atom. The van der Waals surface area contributed by atoms with E-state index in [1.807, 2.05) is 5.48 Å². The highest BCUT2D eigenvalue weighted by molar-refractivity contribution is 7.75. The second-order valence-electron chi connectivity index (χ2n) is 2.62. The number of nitrogens with one attached hydrogen (secondary N) is 1. The van der Waals surface area contributed by atoms with Crippen molar-refractivity contribution in [2.24, 2.45) is 0 Å². The molecule has 88 valence electrons. The molecule has 16 heavy (non-hydrogen) atoms. The van der Waals surface area contributed by atoms with Crippen LogP contribution in [-0.2, 0) is 4.28 Å². The van der Waals surface area contributed by atoms with Crippen LogP contribution in [-0.4, -0.2) is 25.5 Å². The van der Waals surface area contributed by atoms with Gasteiger partial charge in [-0.1, -0.05) is 0 Å². The fourth-order valence-electron chi connectivity index (χ4n) is 0.929. The average molecular weight is 247 g/mol. The van der Waals surface area contributed by atoms with Crippen molar-refractivity contribution >= 4 is 18.9 Å². The number of hydrogen-bond donors (Lipinski definition) is 3. The zero-order chi connectivity index (χ0) is 12.5. The van der Waals surface area contributed by atoms with Crippen molar-refractivity contribution in [2.45, 2.75) is 0 Å². The molecule has 1 aromatic carbocycles. The van der Waals surface area contributed by atoms with Gasteiger partial charge < -0.3 is 14.6 Å². The maximum atomic E-state index is 11.0. The Hall–Kier alpha value is -1.44. The number of hydroxylamine groups is 1. The first-order chi connectivity index (χ1) is 8.26. The highest BCUT2D eigenvalue weighted by Crippen LogP contribution is 2.17. The molecule has 0 saturated carbocycles. The quantitative estimate of drug-likeness (QED) is 0.396. The van der Waals surface area contributed by atoms with E-state index in [0.717, 1.165) is 0 Å². The Morgan fingerprint density at radius 3 is 2.75 bits per heavy atom. The first kappa shape index (κ1) is 11.1. The molecular formula is C9H11NO5S. The molecule has 0 bridgehead atoms. The van der Waals surface area contributed by atoms with Gasteiger partial charge >= 0.3 is 6.09 Å². The lowest BCUT2D eigenvalue weighted by Crippen LogP contribution is -2.23. The first-order valence-corrected chi connectivity index (χ1v) is 4.70. The van der Waals surface area contributed by atoms with E-state index >= 15 is 0 Å². The lowest BCUT2D eigenvalue weighted by atomic mass is 10.3. The highest BCUT2D eigenvalue weighted by atomic mass is 32.1. The van der Waals surface area contributed by atoms with Gasteiger partial charge in [-0.05, 0) is 24.3 Å². The van der Waals surface area contributed by atoms with Crippen molar-refractivity contribution in [2.75, 3.05) is 13.2 Å². The molecule has 2 N–H and O–H groups in total. The Labute approximate surface area is 98.8 Å². The topological polar surface area (TPSA) is 77.0 Å². The molecule has 0 fully saturated rings. The minimum atomic E-state index is -0.825. The minimum absolute atomic E-state index is 0.0667. The summed E-state index contributed by atoms with van der Waals surface area (Å²) in [6.45, 7) is 0.137. The number of benzene rings is 1. The SMILES string of the molecule is [3H]SONC(=O)Oc1ccc(OCCO)cc1. The zero-order valence-electron chi connectivity index (χ0n) is 9.21. The maximum Gasteiger partial charge on any atom is 0.437 e. The first-order valence-electron chi connectivity index (χ1n) is 4.77. The van der Waals surface area contributed by atoms with Gasteiger partial charge in [0.2, 0.25) is 0 Å². The van der Waals surface area contributed by atoms with Gasteiger partial charge in [0, 0.05) is 12.8 Å². The van der Waals surface area contributed by atoms with Crippen molar-refractivity contribution in [3.8, 4) is 11.5 Å². The molecule has 1 aromatic rings. The monoisotopic (exact) mass is 247 g/mol. The van der Waals surface area contributed by atoms with Crippen LogP contribution in [0.2, 0.25) is 0 Å². The average Bonchev–Trinajstić information content (AvgIpc) is 2.35. The summed E-state index contributed by atoms with van der Waals surface area (Å²) in [5.74, 6) is 0.863. The molecule has 7 heteroatoms. The van der Waals surface area contributed by atoms with Gasteiger partial charge in [-0.15, -0.1) is 0 Å². The molecule has 0 aliphatic carbocycles. The van der Waals surface area contributed by atoms with Crippen LogP contribution in [0.5, 0.6) is 11.5 Å². The molecule has 0 radical (unpaired) electrons. The summed E-state index contributed by atoms with van der Waals surface area (Å²) < 4.78 is 20.7. The largest absolute Gasteiger partial charge is 0.491 e. The predicted octanol–water partition coefficient (Wildman–Crippen LogP) is 0.923.